The highest BCUT2D eigenvalue weighted by Gasteiger charge is 2.36. The Morgan fingerprint density at radius 1 is 1.16 bits per heavy atom. The van der Waals surface area contributed by atoms with Gasteiger partial charge in [0.05, 0.1) is 18.8 Å². The molecule has 0 N–H and O–H groups in total. The third-order valence-electron chi connectivity index (χ3n) is 5.07. The highest BCUT2D eigenvalue weighted by Crippen LogP contribution is 2.17. The van der Waals surface area contributed by atoms with Crippen LogP contribution in [0, 0.1) is 0 Å². The molecule has 2 aliphatic rings. The Morgan fingerprint density at radius 3 is 2.56 bits per heavy atom. The molecule has 8 heteroatoms. The van der Waals surface area contributed by atoms with Gasteiger partial charge in [0.25, 0.3) is 0 Å². The van der Waals surface area contributed by atoms with Gasteiger partial charge in [-0.2, -0.15) is 5.10 Å². The molecule has 0 unspecified atom stereocenters. The minimum absolute atomic E-state index is 0.0329. The van der Waals surface area contributed by atoms with Crippen LogP contribution in [0.2, 0.25) is 0 Å². The Morgan fingerprint density at radius 2 is 1.92 bits per heavy atom. The molecule has 2 fully saturated rings. The summed E-state index contributed by atoms with van der Waals surface area (Å²) in [5, 5.41) is 4.10. The van der Waals surface area contributed by atoms with Crippen molar-refractivity contribution in [1.29, 1.82) is 0 Å². The number of carbonyl (C=O) groups is 3. The number of piperazine rings is 1. The fourth-order valence-corrected chi connectivity index (χ4v) is 3.48. The van der Waals surface area contributed by atoms with Crippen LogP contribution in [-0.2, 0) is 28.0 Å². The van der Waals surface area contributed by atoms with Crippen LogP contribution in [0.25, 0.3) is 0 Å². The Bertz CT molecular complexity index is 671. The Kier molecular flexibility index (Phi) is 5.06. The second kappa shape index (κ2) is 7.25. The number of rotatable bonds is 6. The standard InChI is InChI=1S/C17H25N5O3/c1-13-17(25)21(10-4-9-20-8-3-5-15(20)23)12-16(24)22(13)11-14-6-7-18-19(14)2/h6-7,13H,3-5,8-12H2,1-2H3/t13-/m0/s1. The van der Waals surface area contributed by atoms with Crippen molar-refractivity contribution in [2.45, 2.75) is 38.8 Å². The van der Waals surface area contributed by atoms with E-state index in [4.69, 9.17) is 0 Å². The molecular weight excluding hydrogens is 322 g/mol. The van der Waals surface area contributed by atoms with Crippen molar-refractivity contribution < 1.29 is 14.4 Å². The quantitative estimate of drug-likeness (QED) is 0.725. The first-order chi connectivity index (χ1) is 12.0. The van der Waals surface area contributed by atoms with Gasteiger partial charge in [-0.3, -0.25) is 19.1 Å². The van der Waals surface area contributed by atoms with Crippen molar-refractivity contribution >= 4 is 17.7 Å². The maximum atomic E-state index is 12.6. The summed E-state index contributed by atoms with van der Waals surface area (Å²) in [5.74, 6) is 0.108. The van der Waals surface area contributed by atoms with Crippen LogP contribution in [0.4, 0.5) is 0 Å². The van der Waals surface area contributed by atoms with E-state index in [1.165, 1.54) is 0 Å². The molecular formula is C17H25N5O3. The van der Waals surface area contributed by atoms with Crippen LogP contribution < -0.4 is 0 Å². The van der Waals surface area contributed by atoms with Gasteiger partial charge in [0.15, 0.2) is 0 Å². The summed E-state index contributed by atoms with van der Waals surface area (Å²) in [5.41, 5.74) is 0.897. The first-order valence-electron chi connectivity index (χ1n) is 8.80. The van der Waals surface area contributed by atoms with Gasteiger partial charge in [-0.15, -0.1) is 0 Å². The van der Waals surface area contributed by atoms with Gasteiger partial charge in [0.1, 0.15) is 6.04 Å². The largest absolute Gasteiger partial charge is 0.343 e. The molecule has 1 aromatic rings. The maximum Gasteiger partial charge on any atom is 0.245 e. The van der Waals surface area contributed by atoms with E-state index >= 15 is 0 Å². The number of hydrogen-bond donors (Lipinski definition) is 0. The van der Waals surface area contributed by atoms with E-state index in [2.05, 4.69) is 5.10 Å². The molecule has 0 bridgehead atoms. The average Bonchev–Trinajstić information content (AvgIpc) is 3.17. The number of hydrogen-bond acceptors (Lipinski definition) is 4. The lowest BCUT2D eigenvalue weighted by molar-refractivity contribution is -0.155. The number of nitrogens with zero attached hydrogens (tertiary/aromatic N) is 5. The molecule has 1 aromatic heterocycles. The third kappa shape index (κ3) is 3.67. The molecule has 3 heterocycles. The summed E-state index contributed by atoms with van der Waals surface area (Å²) in [6, 6.07) is 1.37. The highest BCUT2D eigenvalue weighted by molar-refractivity contribution is 5.94. The normalized spacial score (nSPS) is 21.6. The molecule has 0 radical (unpaired) electrons. The minimum Gasteiger partial charge on any atom is -0.343 e. The molecule has 3 rings (SSSR count). The highest BCUT2D eigenvalue weighted by atomic mass is 16.2. The van der Waals surface area contributed by atoms with Gasteiger partial charge < -0.3 is 14.7 Å². The van der Waals surface area contributed by atoms with Crippen LogP contribution in [0.3, 0.4) is 0 Å². The Labute approximate surface area is 147 Å². The van der Waals surface area contributed by atoms with Crippen molar-refractivity contribution in [2.24, 2.45) is 7.05 Å². The van der Waals surface area contributed by atoms with Gasteiger partial charge in [-0.25, -0.2) is 0 Å². The molecule has 3 amide bonds. The molecule has 0 aromatic carbocycles. The lowest BCUT2D eigenvalue weighted by Crippen LogP contribution is -2.58. The molecule has 0 saturated carbocycles. The summed E-state index contributed by atoms with van der Waals surface area (Å²) >= 11 is 0. The second-order valence-corrected chi connectivity index (χ2v) is 6.74. The predicted molar refractivity (Wildman–Crippen MR) is 90.2 cm³/mol. The van der Waals surface area contributed by atoms with Crippen LogP contribution >= 0.6 is 0 Å². The van der Waals surface area contributed by atoms with Gasteiger partial charge in [-0.05, 0) is 25.8 Å². The third-order valence-corrected chi connectivity index (χ3v) is 5.07. The summed E-state index contributed by atoms with van der Waals surface area (Å²) in [4.78, 5) is 41.8. The lowest BCUT2D eigenvalue weighted by atomic mass is 10.1. The van der Waals surface area contributed by atoms with Gasteiger partial charge >= 0.3 is 0 Å². The Hall–Kier alpha value is -2.38. The summed E-state index contributed by atoms with van der Waals surface area (Å²) in [6.45, 7) is 4.24. The SMILES string of the molecule is C[C@H]1C(=O)N(CCCN2CCCC2=O)CC(=O)N1Cc1ccnn1C. The van der Waals surface area contributed by atoms with Gasteiger partial charge in [0.2, 0.25) is 17.7 Å². The number of carbonyl (C=O) groups excluding carboxylic acids is 3. The van der Waals surface area contributed by atoms with E-state index in [9.17, 15) is 14.4 Å². The average molecular weight is 347 g/mol. The van der Waals surface area contributed by atoms with Crippen LogP contribution in [0.15, 0.2) is 12.3 Å². The number of aryl methyl sites for hydroxylation is 1. The summed E-state index contributed by atoms with van der Waals surface area (Å²) in [7, 11) is 1.82. The van der Waals surface area contributed by atoms with Crippen molar-refractivity contribution in [3.8, 4) is 0 Å². The smallest absolute Gasteiger partial charge is 0.245 e. The van der Waals surface area contributed by atoms with E-state index in [0.29, 0.717) is 32.5 Å². The van der Waals surface area contributed by atoms with E-state index in [-0.39, 0.29) is 24.3 Å². The molecule has 8 nitrogen and oxygen atoms in total. The van der Waals surface area contributed by atoms with Crippen molar-refractivity contribution in [2.75, 3.05) is 26.2 Å². The number of amides is 3. The zero-order valence-electron chi connectivity index (χ0n) is 14.8. The van der Waals surface area contributed by atoms with E-state index in [1.54, 1.807) is 27.6 Å². The maximum absolute atomic E-state index is 12.6. The van der Waals surface area contributed by atoms with Crippen molar-refractivity contribution in [1.82, 2.24) is 24.5 Å². The van der Waals surface area contributed by atoms with Crippen LogP contribution in [0.5, 0.6) is 0 Å². The first kappa shape index (κ1) is 17.4. The molecule has 0 spiro atoms. The lowest BCUT2D eigenvalue weighted by Gasteiger charge is -2.38. The number of likely N-dealkylation sites (tertiary alicyclic amines) is 1. The second-order valence-electron chi connectivity index (χ2n) is 6.74. The van der Waals surface area contributed by atoms with E-state index in [0.717, 1.165) is 18.7 Å². The Balaban J connectivity index is 1.54. The van der Waals surface area contributed by atoms with Crippen LogP contribution in [-0.4, -0.2) is 74.4 Å². The van der Waals surface area contributed by atoms with Crippen molar-refractivity contribution in [3.05, 3.63) is 18.0 Å². The van der Waals surface area contributed by atoms with Gasteiger partial charge in [-0.1, -0.05) is 0 Å². The molecule has 2 aliphatic heterocycles. The van der Waals surface area contributed by atoms with Crippen molar-refractivity contribution in [3.63, 3.8) is 0 Å². The number of aromatic nitrogens is 2. The summed E-state index contributed by atoms with van der Waals surface area (Å²) in [6.07, 6.45) is 3.93. The van der Waals surface area contributed by atoms with E-state index in [1.807, 2.05) is 18.0 Å². The zero-order valence-corrected chi connectivity index (χ0v) is 14.8. The molecule has 1 atom stereocenters. The zero-order chi connectivity index (χ0) is 18.0. The molecule has 136 valence electrons. The predicted octanol–water partition coefficient (Wildman–Crippen LogP) is -0.00810. The van der Waals surface area contributed by atoms with Gasteiger partial charge in [0, 0.05) is 39.3 Å². The molecule has 25 heavy (non-hydrogen) atoms. The molecule has 0 aliphatic carbocycles. The first-order valence-corrected chi connectivity index (χ1v) is 8.80. The topological polar surface area (TPSA) is 78.8 Å². The minimum atomic E-state index is -0.482. The van der Waals surface area contributed by atoms with Crippen LogP contribution in [0.1, 0.15) is 31.9 Å². The van der Waals surface area contributed by atoms with E-state index < -0.39 is 6.04 Å². The monoisotopic (exact) mass is 347 g/mol. The summed E-state index contributed by atoms with van der Waals surface area (Å²) < 4.78 is 1.71. The fourth-order valence-electron chi connectivity index (χ4n) is 3.48. The molecule has 2 saturated heterocycles. The fraction of sp³-hybridized carbons (Fsp3) is 0.647.